The molecule has 0 radical (unpaired) electrons. The second-order valence-corrected chi connectivity index (χ2v) is 6.23. The van der Waals surface area contributed by atoms with Crippen molar-refractivity contribution in [3.63, 3.8) is 0 Å². The molecule has 0 aliphatic carbocycles. The van der Waals surface area contributed by atoms with Gasteiger partial charge in [-0.2, -0.15) is 0 Å². The predicted molar refractivity (Wildman–Crippen MR) is 93.2 cm³/mol. The molecule has 2 aromatic rings. The zero-order valence-corrected chi connectivity index (χ0v) is 14.8. The van der Waals surface area contributed by atoms with Crippen LogP contribution in [-0.2, 0) is 25.5 Å². The molecule has 0 N–H and O–H groups in total. The fraction of sp³-hybridized carbons (Fsp3) is 0.421. The number of benzene rings is 1. The van der Waals surface area contributed by atoms with Crippen molar-refractivity contribution in [3.05, 3.63) is 35.5 Å². The van der Waals surface area contributed by atoms with Gasteiger partial charge >= 0.3 is 11.9 Å². The molecule has 0 saturated carbocycles. The highest BCUT2D eigenvalue weighted by molar-refractivity contribution is 6.09. The van der Waals surface area contributed by atoms with Gasteiger partial charge in [0.15, 0.2) is 5.78 Å². The van der Waals surface area contributed by atoms with Gasteiger partial charge in [-0.25, -0.2) is 4.79 Å². The molecule has 7 nitrogen and oxygen atoms in total. The second-order valence-electron chi connectivity index (χ2n) is 6.23. The Morgan fingerprint density at radius 2 is 1.96 bits per heavy atom. The number of hydrogen-bond donors (Lipinski definition) is 0. The smallest absolute Gasteiger partial charge is 0.337 e. The molecule has 0 amide bonds. The number of rotatable bonds is 8. The molecule has 1 aliphatic rings. The highest BCUT2D eigenvalue weighted by Crippen LogP contribution is 2.27. The summed E-state index contributed by atoms with van der Waals surface area (Å²) in [6.07, 6.45) is 2.81. The summed E-state index contributed by atoms with van der Waals surface area (Å²) in [6.45, 7) is 1.37. The van der Waals surface area contributed by atoms with Gasteiger partial charge in [-0.05, 0) is 24.6 Å². The third-order valence-corrected chi connectivity index (χ3v) is 4.42. The third-order valence-electron chi connectivity index (χ3n) is 4.42. The Balaban J connectivity index is 1.89. The molecule has 1 fully saturated rings. The van der Waals surface area contributed by atoms with E-state index in [4.69, 9.17) is 9.47 Å². The molecule has 1 aromatic carbocycles. The van der Waals surface area contributed by atoms with Crippen molar-refractivity contribution in [3.8, 4) is 0 Å². The van der Waals surface area contributed by atoms with E-state index in [1.807, 2.05) is 10.6 Å². The van der Waals surface area contributed by atoms with Gasteiger partial charge in [0.05, 0.1) is 39.0 Å². The van der Waals surface area contributed by atoms with Gasteiger partial charge in [0.2, 0.25) is 0 Å². The van der Waals surface area contributed by atoms with Gasteiger partial charge in [0.25, 0.3) is 0 Å². The molecule has 138 valence electrons. The summed E-state index contributed by atoms with van der Waals surface area (Å²) in [5, 5.41) is 0.705. The fourth-order valence-electron chi connectivity index (χ4n) is 2.94. The van der Waals surface area contributed by atoms with Crippen LogP contribution in [0.15, 0.2) is 24.4 Å². The molecular weight excluding hydrogens is 338 g/mol. The Labute approximate surface area is 150 Å². The van der Waals surface area contributed by atoms with Crippen LogP contribution < -0.4 is 0 Å². The molecule has 1 saturated heterocycles. The van der Waals surface area contributed by atoms with Gasteiger partial charge in [0, 0.05) is 35.5 Å². The summed E-state index contributed by atoms with van der Waals surface area (Å²) >= 11 is 0. The minimum absolute atomic E-state index is 0.0728. The standard InChI is InChI=1S/C19H21NO6/c1-24-18(22)5-3-4-17(21)15-10-20(9-13-11-26-13)16-7-6-12(8-14(15)16)19(23)25-2/h6-8,10,13H,3-5,9,11H2,1-2H3. The lowest BCUT2D eigenvalue weighted by Gasteiger charge is -2.04. The Kier molecular flexibility index (Phi) is 5.37. The molecule has 7 heteroatoms. The van der Waals surface area contributed by atoms with Crippen LogP contribution in [0.2, 0.25) is 0 Å². The molecule has 1 unspecified atom stereocenters. The van der Waals surface area contributed by atoms with Gasteiger partial charge in [-0.3, -0.25) is 9.59 Å². The lowest BCUT2D eigenvalue weighted by Crippen LogP contribution is -2.04. The Bertz CT molecular complexity index is 849. The van der Waals surface area contributed by atoms with Gasteiger partial charge in [0.1, 0.15) is 0 Å². The second kappa shape index (κ2) is 7.70. The normalized spacial score (nSPS) is 15.7. The molecule has 0 spiro atoms. The van der Waals surface area contributed by atoms with Crippen LogP contribution >= 0.6 is 0 Å². The number of aromatic nitrogens is 1. The number of fused-ring (bicyclic) bond motifs is 1. The van der Waals surface area contributed by atoms with Crippen LogP contribution in [0.4, 0.5) is 0 Å². The predicted octanol–water partition coefficient (Wildman–Crippen LogP) is 2.35. The van der Waals surface area contributed by atoms with Crippen molar-refractivity contribution < 1.29 is 28.6 Å². The molecule has 1 aromatic heterocycles. The van der Waals surface area contributed by atoms with E-state index in [2.05, 4.69) is 4.74 Å². The van der Waals surface area contributed by atoms with E-state index in [9.17, 15) is 14.4 Å². The zero-order chi connectivity index (χ0) is 18.7. The maximum atomic E-state index is 12.7. The van der Waals surface area contributed by atoms with Crippen molar-refractivity contribution >= 4 is 28.6 Å². The van der Waals surface area contributed by atoms with Crippen LogP contribution in [0.3, 0.4) is 0 Å². The van der Waals surface area contributed by atoms with Crippen molar-refractivity contribution in [1.82, 2.24) is 4.57 Å². The Morgan fingerprint density at radius 1 is 1.19 bits per heavy atom. The van der Waals surface area contributed by atoms with Gasteiger partial charge in [-0.1, -0.05) is 0 Å². The summed E-state index contributed by atoms with van der Waals surface area (Å²) < 4.78 is 16.6. The molecule has 2 heterocycles. The van der Waals surface area contributed by atoms with Crippen molar-refractivity contribution in [1.29, 1.82) is 0 Å². The highest BCUT2D eigenvalue weighted by Gasteiger charge is 2.25. The number of Topliss-reactive ketones (excluding diaryl/α,β-unsaturated/α-hetero) is 1. The summed E-state index contributed by atoms with van der Waals surface area (Å²) in [6, 6.07) is 5.18. The van der Waals surface area contributed by atoms with Gasteiger partial charge in [-0.15, -0.1) is 0 Å². The molecule has 1 aliphatic heterocycles. The first kappa shape index (κ1) is 18.1. The first-order valence-corrected chi connectivity index (χ1v) is 8.46. The maximum absolute atomic E-state index is 12.7. The highest BCUT2D eigenvalue weighted by atomic mass is 16.6. The first-order chi connectivity index (χ1) is 12.5. The first-order valence-electron chi connectivity index (χ1n) is 8.46. The molecule has 3 rings (SSSR count). The lowest BCUT2D eigenvalue weighted by atomic mass is 10.0. The quantitative estimate of drug-likeness (QED) is 0.408. The monoisotopic (exact) mass is 359 g/mol. The van der Waals surface area contributed by atoms with E-state index >= 15 is 0 Å². The van der Waals surface area contributed by atoms with Crippen LogP contribution in [0.1, 0.15) is 40.0 Å². The van der Waals surface area contributed by atoms with Gasteiger partial charge < -0.3 is 18.8 Å². The number of ketones is 1. The zero-order valence-electron chi connectivity index (χ0n) is 14.8. The number of carbonyl (C=O) groups is 3. The Morgan fingerprint density at radius 3 is 2.62 bits per heavy atom. The summed E-state index contributed by atoms with van der Waals surface area (Å²) in [5.74, 6) is -0.857. The summed E-state index contributed by atoms with van der Waals surface area (Å²) in [7, 11) is 2.65. The Hall–Kier alpha value is -2.67. The average Bonchev–Trinajstić information content (AvgIpc) is 3.40. The summed E-state index contributed by atoms with van der Waals surface area (Å²) in [4.78, 5) is 35.7. The van der Waals surface area contributed by atoms with E-state index in [-0.39, 0.29) is 30.7 Å². The van der Waals surface area contributed by atoms with Crippen LogP contribution in [0.25, 0.3) is 10.9 Å². The van der Waals surface area contributed by atoms with Crippen molar-refractivity contribution in [2.75, 3.05) is 20.8 Å². The van der Waals surface area contributed by atoms with E-state index in [0.717, 1.165) is 5.52 Å². The van der Waals surface area contributed by atoms with Crippen LogP contribution in [0, 0.1) is 0 Å². The lowest BCUT2D eigenvalue weighted by molar-refractivity contribution is -0.140. The maximum Gasteiger partial charge on any atom is 0.337 e. The van der Waals surface area contributed by atoms with Crippen molar-refractivity contribution in [2.24, 2.45) is 0 Å². The third kappa shape index (κ3) is 3.94. The number of methoxy groups -OCH3 is 2. The summed E-state index contributed by atoms with van der Waals surface area (Å²) in [5.41, 5.74) is 1.80. The minimum atomic E-state index is -0.450. The van der Waals surface area contributed by atoms with E-state index in [1.54, 1.807) is 18.3 Å². The van der Waals surface area contributed by atoms with E-state index in [1.165, 1.54) is 14.2 Å². The topological polar surface area (TPSA) is 87.1 Å². The number of epoxide rings is 1. The number of carbonyl (C=O) groups excluding carboxylic acids is 3. The van der Waals surface area contributed by atoms with E-state index < -0.39 is 5.97 Å². The van der Waals surface area contributed by atoms with Crippen LogP contribution in [0.5, 0.6) is 0 Å². The largest absolute Gasteiger partial charge is 0.469 e. The van der Waals surface area contributed by atoms with E-state index in [0.29, 0.717) is 36.1 Å². The average molecular weight is 359 g/mol. The minimum Gasteiger partial charge on any atom is -0.469 e. The van der Waals surface area contributed by atoms with Crippen LogP contribution in [-0.4, -0.2) is 49.2 Å². The molecule has 26 heavy (non-hydrogen) atoms. The number of hydrogen-bond acceptors (Lipinski definition) is 6. The number of esters is 2. The molecular formula is C19H21NO6. The number of ether oxygens (including phenoxy) is 3. The fourth-order valence-corrected chi connectivity index (χ4v) is 2.94. The van der Waals surface area contributed by atoms with Crippen molar-refractivity contribution in [2.45, 2.75) is 31.9 Å². The SMILES string of the molecule is COC(=O)CCCC(=O)c1cn(CC2CO2)c2ccc(C(=O)OC)cc12. The molecule has 1 atom stereocenters. The molecule has 0 bridgehead atoms. The number of nitrogens with zero attached hydrogens (tertiary/aromatic N) is 1.